The van der Waals surface area contributed by atoms with Crippen LogP contribution in [0.25, 0.3) is 5.52 Å². The Kier molecular flexibility index (Phi) is 4.89. The van der Waals surface area contributed by atoms with Crippen LogP contribution in [0.15, 0.2) is 42.5 Å². The summed E-state index contributed by atoms with van der Waals surface area (Å²) in [4.78, 5) is 28.6. The number of anilines is 1. The molecule has 10 heteroatoms. The van der Waals surface area contributed by atoms with Crippen LogP contribution in [-0.2, 0) is 10.5 Å². The predicted molar refractivity (Wildman–Crippen MR) is 117 cm³/mol. The van der Waals surface area contributed by atoms with Gasteiger partial charge in [-0.15, -0.1) is 0 Å². The van der Waals surface area contributed by atoms with Crippen LogP contribution in [0, 0.1) is 0 Å². The Morgan fingerprint density at radius 2 is 1.88 bits per heavy atom. The Morgan fingerprint density at radius 1 is 1.16 bits per heavy atom. The van der Waals surface area contributed by atoms with Crippen LogP contribution >= 0.6 is 9.24 Å². The fraction of sp³-hybridized carbons (Fsp3) is 0.318. The van der Waals surface area contributed by atoms with Gasteiger partial charge < -0.3 is 14.9 Å². The highest BCUT2D eigenvalue weighted by molar-refractivity contribution is 7.17. The van der Waals surface area contributed by atoms with E-state index < -0.39 is 23.0 Å². The van der Waals surface area contributed by atoms with E-state index in [1.54, 1.807) is 11.0 Å². The molecule has 2 fully saturated rings. The van der Waals surface area contributed by atoms with E-state index in [-0.39, 0.29) is 42.7 Å². The van der Waals surface area contributed by atoms with Crippen molar-refractivity contribution in [1.82, 2.24) is 14.5 Å². The second-order valence-electron chi connectivity index (χ2n) is 8.17. The van der Waals surface area contributed by atoms with Crippen molar-refractivity contribution in [2.24, 2.45) is 0 Å². The lowest BCUT2D eigenvalue weighted by molar-refractivity contribution is -0.120. The zero-order chi connectivity index (χ0) is 22.6. The first kappa shape index (κ1) is 20.8. The summed E-state index contributed by atoms with van der Waals surface area (Å²) < 4.78 is 29.5. The Labute approximate surface area is 184 Å². The minimum Gasteiger partial charge on any atom is -0.504 e. The number of carbonyl (C=O) groups excluding carboxylic acids is 2. The minimum atomic E-state index is -3.29. The summed E-state index contributed by atoms with van der Waals surface area (Å²) in [5, 5.41) is 14.8. The summed E-state index contributed by atoms with van der Waals surface area (Å²) >= 11 is 0. The third kappa shape index (κ3) is 3.60. The predicted octanol–water partition coefficient (Wildman–Crippen LogP) is 3.33. The first-order valence-electron chi connectivity index (χ1n) is 10.3. The van der Waals surface area contributed by atoms with Gasteiger partial charge in [-0.1, -0.05) is 27.4 Å². The number of fused-ring (bicyclic) bond motifs is 1. The van der Waals surface area contributed by atoms with Gasteiger partial charge in [-0.25, -0.2) is 4.52 Å². The van der Waals surface area contributed by atoms with Gasteiger partial charge in [0, 0.05) is 18.8 Å². The molecule has 166 valence electrons. The third-order valence-electron chi connectivity index (χ3n) is 5.90. The van der Waals surface area contributed by atoms with E-state index in [9.17, 15) is 23.5 Å². The molecule has 0 spiro atoms. The van der Waals surface area contributed by atoms with Gasteiger partial charge in [0.1, 0.15) is 17.8 Å². The van der Waals surface area contributed by atoms with Crippen molar-refractivity contribution in [2.45, 2.75) is 24.4 Å². The molecule has 1 aromatic carbocycles. The third-order valence-corrected chi connectivity index (χ3v) is 6.19. The summed E-state index contributed by atoms with van der Waals surface area (Å²) in [6, 6.07) is 12.1. The zero-order valence-corrected chi connectivity index (χ0v) is 18.2. The SMILES string of the molecule is O=C(c1nn2c(C(F)(F)P)cc(C3CC3)cc2c1O)N1CCN(c2ccccc2)C(=O)C1. The van der Waals surface area contributed by atoms with Crippen LogP contribution in [-0.4, -0.2) is 51.1 Å². The molecule has 1 saturated carbocycles. The topological polar surface area (TPSA) is 78.2 Å². The van der Waals surface area contributed by atoms with E-state index in [2.05, 4.69) is 5.10 Å². The Hall–Kier alpha value is -3.06. The van der Waals surface area contributed by atoms with E-state index >= 15 is 0 Å². The Morgan fingerprint density at radius 3 is 2.50 bits per heavy atom. The van der Waals surface area contributed by atoms with Crippen molar-refractivity contribution in [3.63, 3.8) is 0 Å². The highest BCUT2D eigenvalue weighted by atomic mass is 31.0. The maximum absolute atomic E-state index is 14.3. The van der Waals surface area contributed by atoms with Crippen LogP contribution in [0.2, 0.25) is 0 Å². The highest BCUT2D eigenvalue weighted by Crippen LogP contribution is 2.45. The van der Waals surface area contributed by atoms with Crippen molar-refractivity contribution in [2.75, 3.05) is 24.5 Å². The van der Waals surface area contributed by atoms with Crippen molar-refractivity contribution in [1.29, 1.82) is 0 Å². The van der Waals surface area contributed by atoms with E-state index in [4.69, 9.17) is 0 Å². The van der Waals surface area contributed by atoms with Crippen LogP contribution in [0.5, 0.6) is 5.75 Å². The molecule has 2 aromatic heterocycles. The quantitative estimate of drug-likeness (QED) is 0.609. The van der Waals surface area contributed by atoms with Gasteiger partial charge in [0.25, 0.3) is 11.6 Å². The maximum Gasteiger partial charge on any atom is 0.300 e. The first-order valence-corrected chi connectivity index (χ1v) is 10.9. The standard InChI is InChI=1S/C22H21F2N4O3P/c23-22(24,32)17-11-14(13-6-7-13)10-16-20(30)19(25-28(16)17)21(31)26-8-9-27(18(29)12-26)15-4-2-1-3-5-15/h1-5,10-11,13,30H,6-9,12,32H2. The van der Waals surface area contributed by atoms with Crippen molar-refractivity contribution in [3.05, 3.63) is 59.4 Å². The highest BCUT2D eigenvalue weighted by Gasteiger charge is 2.36. The van der Waals surface area contributed by atoms with E-state index in [1.807, 2.05) is 30.3 Å². The molecule has 3 aromatic rings. The molecule has 32 heavy (non-hydrogen) atoms. The molecule has 1 aliphatic heterocycles. The number of hydrogen-bond acceptors (Lipinski definition) is 4. The number of carbonyl (C=O) groups is 2. The van der Waals surface area contributed by atoms with Gasteiger partial charge in [-0.05, 0) is 48.6 Å². The molecule has 5 rings (SSSR count). The largest absolute Gasteiger partial charge is 0.504 e. The number of alkyl halides is 2. The number of halogens is 2. The zero-order valence-electron chi connectivity index (χ0n) is 17.0. The summed E-state index contributed by atoms with van der Waals surface area (Å²) in [5.74, 6) is -1.22. The molecule has 2 amide bonds. The Balaban J connectivity index is 1.47. The van der Waals surface area contributed by atoms with E-state index in [0.717, 1.165) is 23.0 Å². The lowest BCUT2D eigenvalue weighted by atomic mass is 10.1. The molecule has 0 bridgehead atoms. The lowest BCUT2D eigenvalue weighted by Gasteiger charge is -2.34. The number of benzene rings is 1. The molecule has 0 radical (unpaired) electrons. The molecule has 7 nitrogen and oxygen atoms in total. The van der Waals surface area contributed by atoms with Gasteiger partial charge in [0.2, 0.25) is 5.91 Å². The van der Waals surface area contributed by atoms with Crippen molar-refractivity contribution in [3.8, 4) is 5.75 Å². The number of aromatic nitrogens is 2. The molecule has 1 N–H and O–H groups in total. The molecular formula is C22H21F2N4O3P. The minimum absolute atomic E-state index is 0.0594. The fourth-order valence-electron chi connectivity index (χ4n) is 4.07. The average molecular weight is 458 g/mol. The summed E-state index contributed by atoms with van der Waals surface area (Å²) in [7, 11) is 1.48. The van der Waals surface area contributed by atoms with Gasteiger partial charge in [-0.2, -0.15) is 13.9 Å². The molecule has 1 aliphatic carbocycles. The molecule has 1 saturated heterocycles. The Bertz CT molecular complexity index is 1220. The number of hydrogen-bond donors (Lipinski definition) is 1. The maximum atomic E-state index is 14.3. The van der Waals surface area contributed by atoms with Crippen LogP contribution in [0.3, 0.4) is 0 Å². The number of pyridine rings is 1. The lowest BCUT2D eigenvalue weighted by Crippen LogP contribution is -2.52. The molecule has 3 heterocycles. The summed E-state index contributed by atoms with van der Waals surface area (Å²) in [5.41, 5.74) is -2.56. The van der Waals surface area contributed by atoms with Gasteiger partial charge in [0.05, 0.1) is 0 Å². The normalized spacial score (nSPS) is 17.3. The van der Waals surface area contributed by atoms with Gasteiger partial charge >= 0.3 is 0 Å². The summed E-state index contributed by atoms with van der Waals surface area (Å²) in [6.07, 6.45) is 1.79. The number of piperazine rings is 1. The number of amides is 2. The molecule has 1 atom stereocenters. The second-order valence-corrected chi connectivity index (χ2v) is 8.90. The second kappa shape index (κ2) is 7.52. The van der Waals surface area contributed by atoms with Gasteiger partial charge in [-0.3, -0.25) is 9.59 Å². The molecular weight excluding hydrogens is 437 g/mol. The van der Waals surface area contributed by atoms with Gasteiger partial charge in [0.15, 0.2) is 11.4 Å². The van der Waals surface area contributed by atoms with Crippen LogP contribution < -0.4 is 4.90 Å². The van der Waals surface area contributed by atoms with Crippen molar-refractivity contribution < 1.29 is 23.5 Å². The average Bonchev–Trinajstić information content (AvgIpc) is 3.56. The first-order chi connectivity index (χ1) is 15.2. The van der Waals surface area contributed by atoms with E-state index in [0.29, 0.717) is 5.56 Å². The number of para-hydroxylation sites is 1. The summed E-state index contributed by atoms with van der Waals surface area (Å²) in [6.45, 7) is 0.317. The number of aromatic hydroxyl groups is 1. The molecule has 2 aliphatic rings. The van der Waals surface area contributed by atoms with Crippen molar-refractivity contribution >= 4 is 32.3 Å². The van der Waals surface area contributed by atoms with E-state index in [1.165, 1.54) is 20.2 Å². The monoisotopic (exact) mass is 458 g/mol. The smallest absolute Gasteiger partial charge is 0.300 e. The number of rotatable bonds is 4. The fourth-order valence-corrected chi connectivity index (χ4v) is 4.27. The van der Waals surface area contributed by atoms with Crippen LogP contribution in [0.4, 0.5) is 14.5 Å². The van der Waals surface area contributed by atoms with Crippen LogP contribution in [0.1, 0.15) is 40.5 Å². The number of nitrogens with zero attached hydrogens (tertiary/aromatic N) is 4. The molecule has 1 unspecified atom stereocenters.